The molecular weight excluding hydrogens is 283 g/mol. The number of ether oxygens (including phenoxy) is 1. The Morgan fingerprint density at radius 1 is 1.62 bits per heavy atom. The van der Waals surface area contributed by atoms with Gasteiger partial charge in [0, 0.05) is 0 Å². The van der Waals surface area contributed by atoms with Crippen LogP contribution in [0.2, 0.25) is 0 Å². The Bertz CT molecular complexity index is 781. The number of aliphatic hydroxyl groups excluding tert-OH is 2. The third-order valence-corrected chi connectivity index (χ3v) is 3.46. The maximum absolute atomic E-state index is 14.8. The third kappa shape index (κ3) is 1.77. The molecule has 8 nitrogen and oxygen atoms in total. The monoisotopic (exact) mass is 294 g/mol. The van der Waals surface area contributed by atoms with E-state index in [4.69, 9.17) is 16.3 Å². The Balaban J connectivity index is 2.16. The Morgan fingerprint density at radius 2 is 2.38 bits per heavy atom. The highest BCUT2D eigenvalue weighted by Crippen LogP contribution is 2.41. The highest BCUT2D eigenvalue weighted by atomic mass is 19.1. The van der Waals surface area contributed by atoms with Gasteiger partial charge in [0.25, 0.3) is 5.56 Å². The van der Waals surface area contributed by atoms with Crippen molar-refractivity contribution in [3.8, 4) is 12.3 Å². The van der Waals surface area contributed by atoms with Crippen molar-refractivity contribution in [3.05, 3.63) is 23.0 Å². The van der Waals surface area contributed by atoms with E-state index in [1.54, 1.807) is 0 Å². The van der Waals surface area contributed by atoms with Crippen molar-refractivity contribution in [1.82, 2.24) is 19.5 Å². The second-order valence-electron chi connectivity index (χ2n) is 4.62. The normalized spacial score (nSPS) is 32.4. The van der Waals surface area contributed by atoms with Gasteiger partial charge in [-0.3, -0.25) is 9.36 Å². The predicted molar refractivity (Wildman–Crippen MR) is 67.8 cm³/mol. The first-order chi connectivity index (χ1) is 10.0. The van der Waals surface area contributed by atoms with E-state index in [0.29, 0.717) is 0 Å². The van der Waals surface area contributed by atoms with Gasteiger partial charge >= 0.3 is 0 Å². The molecule has 4 atom stereocenters. The number of hydrogen-bond donors (Lipinski definition) is 3. The van der Waals surface area contributed by atoms with Crippen molar-refractivity contribution in [2.45, 2.75) is 24.1 Å². The molecule has 1 unspecified atom stereocenters. The summed E-state index contributed by atoms with van der Waals surface area (Å²) in [5, 5.41) is 19.0. The molecule has 0 amide bonds. The number of aromatic nitrogens is 4. The number of aliphatic hydroxyl groups is 2. The van der Waals surface area contributed by atoms with Crippen LogP contribution in [-0.2, 0) is 4.74 Å². The van der Waals surface area contributed by atoms with Gasteiger partial charge in [-0.1, -0.05) is 5.92 Å². The van der Waals surface area contributed by atoms with Gasteiger partial charge in [0.05, 0.1) is 19.3 Å². The van der Waals surface area contributed by atoms with Gasteiger partial charge in [-0.25, -0.2) is 14.4 Å². The number of terminal acetylenes is 1. The Kier molecular flexibility index (Phi) is 3.02. The van der Waals surface area contributed by atoms with Gasteiger partial charge in [-0.05, 0) is 0 Å². The zero-order valence-corrected chi connectivity index (χ0v) is 10.6. The SMILES string of the molecule is C#C[C@]1(F)C(O)[C@@H](CO)O[C@H]1n1cnc2c(=O)[nH]cnc21. The average Bonchev–Trinajstić information content (AvgIpc) is 3.01. The first kappa shape index (κ1) is 13.7. The molecule has 2 aromatic heterocycles. The number of nitrogens with zero attached hydrogens (tertiary/aromatic N) is 3. The highest BCUT2D eigenvalue weighted by molar-refractivity contribution is 5.69. The number of imidazole rings is 1. The number of nitrogens with one attached hydrogen (secondary N) is 1. The van der Waals surface area contributed by atoms with Crippen molar-refractivity contribution in [3.63, 3.8) is 0 Å². The molecule has 0 saturated carbocycles. The topological polar surface area (TPSA) is 113 Å². The van der Waals surface area contributed by atoms with E-state index in [1.165, 1.54) is 0 Å². The van der Waals surface area contributed by atoms with E-state index in [9.17, 15) is 14.3 Å². The van der Waals surface area contributed by atoms with E-state index >= 15 is 0 Å². The first-order valence-electron chi connectivity index (χ1n) is 6.04. The van der Waals surface area contributed by atoms with Crippen molar-refractivity contribution in [2.75, 3.05) is 6.61 Å². The molecule has 3 rings (SSSR count). The molecule has 1 aliphatic heterocycles. The lowest BCUT2D eigenvalue weighted by atomic mass is 9.97. The summed E-state index contributed by atoms with van der Waals surface area (Å²) in [4.78, 5) is 21.7. The van der Waals surface area contributed by atoms with Crippen LogP contribution in [0.25, 0.3) is 11.2 Å². The number of fused-ring (bicyclic) bond motifs is 1. The van der Waals surface area contributed by atoms with E-state index in [-0.39, 0.29) is 11.2 Å². The summed E-state index contributed by atoms with van der Waals surface area (Å²) in [6.45, 7) is -0.605. The molecule has 9 heteroatoms. The molecule has 2 aromatic rings. The maximum atomic E-state index is 14.8. The van der Waals surface area contributed by atoms with Crippen LogP contribution in [-0.4, -0.2) is 54.2 Å². The minimum Gasteiger partial charge on any atom is -0.394 e. The van der Waals surface area contributed by atoms with Gasteiger partial charge in [0.2, 0.25) is 5.67 Å². The molecule has 0 radical (unpaired) electrons. The minimum absolute atomic E-state index is 0.0117. The fourth-order valence-corrected chi connectivity index (χ4v) is 2.36. The molecule has 0 aliphatic carbocycles. The van der Waals surface area contributed by atoms with Gasteiger partial charge in [0.15, 0.2) is 17.4 Å². The van der Waals surface area contributed by atoms with Crippen LogP contribution in [0.1, 0.15) is 6.23 Å². The summed E-state index contributed by atoms with van der Waals surface area (Å²) in [5.41, 5.74) is -3.03. The molecule has 0 spiro atoms. The number of H-pyrrole nitrogens is 1. The maximum Gasteiger partial charge on any atom is 0.278 e. The molecule has 3 N–H and O–H groups in total. The van der Waals surface area contributed by atoms with E-state index in [2.05, 4.69) is 15.0 Å². The average molecular weight is 294 g/mol. The van der Waals surface area contributed by atoms with Gasteiger partial charge in [-0.15, -0.1) is 6.42 Å². The second-order valence-corrected chi connectivity index (χ2v) is 4.62. The summed E-state index contributed by atoms with van der Waals surface area (Å²) < 4.78 is 21.2. The standard InChI is InChI=1S/C12H11FN4O4/c1-2-12(13)8(19)6(3-18)21-11(12)17-5-16-7-9(17)14-4-15-10(7)20/h1,4-6,8,11,18-19H,3H2,(H,14,15,20)/t6-,8?,11-,12+/m1/s1. The van der Waals surface area contributed by atoms with E-state index in [0.717, 1.165) is 17.2 Å². The summed E-state index contributed by atoms with van der Waals surface area (Å²) >= 11 is 0. The summed E-state index contributed by atoms with van der Waals surface area (Å²) in [6.07, 6.45) is 3.11. The smallest absolute Gasteiger partial charge is 0.278 e. The summed E-state index contributed by atoms with van der Waals surface area (Å²) in [6, 6.07) is 0. The van der Waals surface area contributed by atoms with Crippen LogP contribution in [0, 0.1) is 12.3 Å². The van der Waals surface area contributed by atoms with Crippen LogP contribution < -0.4 is 5.56 Å². The Morgan fingerprint density at radius 3 is 3.05 bits per heavy atom. The molecule has 0 bridgehead atoms. The van der Waals surface area contributed by atoms with E-state index < -0.39 is 36.3 Å². The van der Waals surface area contributed by atoms with Crippen molar-refractivity contribution < 1.29 is 19.3 Å². The molecule has 3 heterocycles. The number of rotatable bonds is 2. The Hall–Kier alpha value is -2.28. The summed E-state index contributed by atoms with van der Waals surface area (Å²) in [5.74, 6) is 1.86. The first-order valence-corrected chi connectivity index (χ1v) is 6.04. The lowest BCUT2D eigenvalue weighted by Crippen LogP contribution is -2.42. The third-order valence-electron chi connectivity index (χ3n) is 3.46. The largest absolute Gasteiger partial charge is 0.394 e. The highest BCUT2D eigenvalue weighted by Gasteiger charge is 2.57. The van der Waals surface area contributed by atoms with Crippen LogP contribution >= 0.6 is 0 Å². The number of aromatic amines is 1. The lowest BCUT2D eigenvalue weighted by Gasteiger charge is -2.23. The number of alkyl halides is 1. The van der Waals surface area contributed by atoms with Crippen LogP contribution in [0.15, 0.2) is 17.4 Å². The van der Waals surface area contributed by atoms with Crippen molar-refractivity contribution in [1.29, 1.82) is 0 Å². The minimum atomic E-state index is -2.58. The van der Waals surface area contributed by atoms with E-state index in [1.807, 2.05) is 5.92 Å². The molecule has 1 fully saturated rings. The fraction of sp³-hybridized carbons (Fsp3) is 0.417. The van der Waals surface area contributed by atoms with Crippen LogP contribution in [0.4, 0.5) is 4.39 Å². The fourth-order valence-electron chi connectivity index (χ4n) is 2.36. The molecule has 21 heavy (non-hydrogen) atoms. The second kappa shape index (κ2) is 4.63. The quantitative estimate of drug-likeness (QED) is 0.594. The number of halogens is 1. The zero-order chi connectivity index (χ0) is 15.2. The van der Waals surface area contributed by atoms with Gasteiger partial charge in [-0.2, -0.15) is 0 Å². The molecule has 0 aromatic carbocycles. The number of hydrogen-bond acceptors (Lipinski definition) is 6. The summed E-state index contributed by atoms with van der Waals surface area (Å²) in [7, 11) is 0. The van der Waals surface area contributed by atoms with Crippen LogP contribution in [0.5, 0.6) is 0 Å². The zero-order valence-electron chi connectivity index (χ0n) is 10.6. The molecule has 1 aliphatic rings. The van der Waals surface area contributed by atoms with Gasteiger partial charge in [0.1, 0.15) is 12.2 Å². The van der Waals surface area contributed by atoms with Crippen molar-refractivity contribution in [2.24, 2.45) is 0 Å². The van der Waals surface area contributed by atoms with Crippen molar-refractivity contribution >= 4 is 11.2 Å². The molecule has 1 saturated heterocycles. The lowest BCUT2D eigenvalue weighted by molar-refractivity contribution is -0.0504. The van der Waals surface area contributed by atoms with Crippen LogP contribution in [0.3, 0.4) is 0 Å². The predicted octanol–water partition coefficient (Wildman–Crippen LogP) is -1.29. The molecule has 110 valence electrons. The molecular formula is C12H11FN4O4. The van der Waals surface area contributed by atoms with Gasteiger partial charge < -0.3 is 19.9 Å². The Labute approximate surface area is 117 Å².